The molecule has 3 aromatic carbocycles. The van der Waals surface area contributed by atoms with Gasteiger partial charge in [-0.25, -0.2) is 13.2 Å². The van der Waals surface area contributed by atoms with E-state index in [0.29, 0.717) is 29.5 Å². The maximum Gasteiger partial charge on any atom is 0.417 e. The molecule has 1 saturated heterocycles. The second kappa shape index (κ2) is 11.8. The fourth-order valence-electron chi connectivity index (χ4n) is 6.24. The standard InChI is InChI=1S/C32H28F6O7/c33-22-13-21(32(36,37)38)28(16-9-23(34)30(24(35)10-16)44-15-31(41)5-7-42-8-6-31)20-3-4-25(29(20)22)45-18-1-2-19-17(11-27(39)40)14-43-26(19)12-18/h1-2,9-10,12-13,17,25,41H,3-8,11,14-15H2,(H,39,40)/t17?,25-/m1/s1. The first-order valence-corrected chi connectivity index (χ1v) is 14.3. The highest BCUT2D eigenvalue weighted by Crippen LogP contribution is 2.49. The highest BCUT2D eigenvalue weighted by atomic mass is 19.4. The van der Waals surface area contributed by atoms with Crippen LogP contribution in [-0.2, 0) is 22.1 Å². The highest BCUT2D eigenvalue weighted by molar-refractivity contribution is 5.75. The summed E-state index contributed by atoms with van der Waals surface area (Å²) in [5.41, 5.74) is -3.37. The smallest absolute Gasteiger partial charge is 0.417 e. The first-order valence-electron chi connectivity index (χ1n) is 14.3. The molecule has 0 spiro atoms. The number of rotatable bonds is 8. The van der Waals surface area contributed by atoms with Crippen LogP contribution in [-0.4, -0.2) is 48.2 Å². The second-order valence-electron chi connectivity index (χ2n) is 11.5. The van der Waals surface area contributed by atoms with Crippen molar-refractivity contribution in [3.05, 3.63) is 76.1 Å². The maximum absolute atomic E-state index is 15.4. The Balaban J connectivity index is 1.32. The van der Waals surface area contributed by atoms with Gasteiger partial charge in [-0.05, 0) is 53.8 Å². The van der Waals surface area contributed by atoms with E-state index in [0.717, 1.165) is 0 Å². The van der Waals surface area contributed by atoms with Gasteiger partial charge in [0.1, 0.15) is 35.6 Å². The minimum absolute atomic E-state index is 0.0745. The van der Waals surface area contributed by atoms with Crippen molar-refractivity contribution in [3.8, 4) is 28.4 Å². The van der Waals surface area contributed by atoms with Crippen molar-refractivity contribution in [3.63, 3.8) is 0 Å². The summed E-state index contributed by atoms with van der Waals surface area (Å²) in [6.45, 7) is 0.175. The van der Waals surface area contributed by atoms with Crippen molar-refractivity contribution in [2.75, 3.05) is 26.4 Å². The van der Waals surface area contributed by atoms with Gasteiger partial charge in [-0.2, -0.15) is 13.2 Å². The molecule has 0 radical (unpaired) electrons. The van der Waals surface area contributed by atoms with E-state index in [-0.39, 0.29) is 74.7 Å². The number of hydrogen-bond donors (Lipinski definition) is 2. The minimum atomic E-state index is -5.05. The van der Waals surface area contributed by atoms with Crippen molar-refractivity contribution < 1.29 is 60.3 Å². The molecule has 0 saturated carbocycles. The number of aliphatic hydroxyl groups is 1. The Bertz CT molecular complexity index is 1610. The van der Waals surface area contributed by atoms with Gasteiger partial charge >= 0.3 is 12.1 Å². The average molecular weight is 639 g/mol. The Morgan fingerprint density at radius 3 is 2.40 bits per heavy atom. The summed E-state index contributed by atoms with van der Waals surface area (Å²) in [5, 5.41) is 19.7. The summed E-state index contributed by atoms with van der Waals surface area (Å²) in [7, 11) is 0. The van der Waals surface area contributed by atoms with Crippen molar-refractivity contribution in [1.82, 2.24) is 0 Å². The monoisotopic (exact) mass is 638 g/mol. The van der Waals surface area contributed by atoms with Crippen molar-refractivity contribution >= 4 is 5.97 Å². The minimum Gasteiger partial charge on any atom is -0.492 e. The maximum atomic E-state index is 15.4. The molecule has 240 valence electrons. The molecule has 0 bridgehead atoms. The van der Waals surface area contributed by atoms with Crippen molar-refractivity contribution in [2.45, 2.75) is 55.9 Å². The third-order valence-corrected chi connectivity index (χ3v) is 8.47. The third kappa shape index (κ3) is 6.15. The number of carboxylic acids is 1. The van der Waals surface area contributed by atoms with E-state index in [1.807, 2.05) is 0 Å². The molecule has 3 aromatic rings. The second-order valence-corrected chi connectivity index (χ2v) is 11.5. The first kappa shape index (κ1) is 31.0. The van der Waals surface area contributed by atoms with Gasteiger partial charge in [-0.15, -0.1) is 0 Å². The number of hydrogen-bond acceptors (Lipinski definition) is 6. The summed E-state index contributed by atoms with van der Waals surface area (Å²) >= 11 is 0. The zero-order valence-corrected chi connectivity index (χ0v) is 23.7. The Morgan fingerprint density at radius 2 is 1.73 bits per heavy atom. The molecule has 3 aliphatic rings. The number of carboxylic acid groups (broad SMARTS) is 1. The fraction of sp³-hybridized carbons (Fsp3) is 0.406. The molecular formula is C32H28F6O7. The molecule has 45 heavy (non-hydrogen) atoms. The summed E-state index contributed by atoms with van der Waals surface area (Å²) in [6, 6.07) is 6.40. The van der Waals surface area contributed by atoms with Crippen LogP contribution in [0.5, 0.6) is 17.2 Å². The summed E-state index contributed by atoms with van der Waals surface area (Å²) < 4.78 is 110. The SMILES string of the molecule is O=C(O)CC1COc2cc(O[C@@H]3CCc4c(-c5cc(F)c(OCC6(O)CCOCC6)c(F)c5)c(C(F)(F)F)cc(F)c43)ccc21. The van der Waals surface area contributed by atoms with Gasteiger partial charge in [0, 0.05) is 49.2 Å². The summed E-state index contributed by atoms with van der Waals surface area (Å²) in [5.74, 6) is -5.31. The lowest BCUT2D eigenvalue weighted by Gasteiger charge is -2.31. The number of carbonyl (C=O) groups is 1. The normalized spacial score (nSPS) is 20.3. The van der Waals surface area contributed by atoms with Gasteiger partial charge in [0.2, 0.25) is 0 Å². The Labute approximate surface area is 253 Å². The average Bonchev–Trinajstić information content (AvgIpc) is 3.56. The number of halogens is 6. The molecule has 13 heteroatoms. The Kier molecular flexibility index (Phi) is 8.10. The molecule has 2 aliphatic heterocycles. The van der Waals surface area contributed by atoms with Gasteiger partial charge < -0.3 is 29.2 Å². The van der Waals surface area contributed by atoms with Crippen LogP contribution in [0.25, 0.3) is 11.1 Å². The number of fused-ring (bicyclic) bond motifs is 2. The lowest BCUT2D eigenvalue weighted by molar-refractivity contribution is -0.138. The topological polar surface area (TPSA) is 94.5 Å². The van der Waals surface area contributed by atoms with E-state index in [4.69, 9.17) is 24.1 Å². The van der Waals surface area contributed by atoms with Gasteiger partial charge in [0.15, 0.2) is 17.4 Å². The molecule has 2 heterocycles. The van der Waals surface area contributed by atoms with Crippen LogP contribution in [0.1, 0.15) is 60.0 Å². The van der Waals surface area contributed by atoms with Crippen LogP contribution in [0.4, 0.5) is 26.3 Å². The van der Waals surface area contributed by atoms with E-state index < -0.39 is 70.3 Å². The van der Waals surface area contributed by atoms with Crippen LogP contribution < -0.4 is 14.2 Å². The molecule has 1 aliphatic carbocycles. The quantitative estimate of drug-likeness (QED) is 0.265. The van der Waals surface area contributed by atoms with E-state index in [1.165, 1.54) is 6.07 Å². The number of aliphatic carboxylic acids is 1. The van der Waals surface area contributed by atoms with Crippen LogP contribution in [0, 0.1) is 17.5 Å². The Hall–Kier alpha value is -3.97. The predicted molar refractivity (Wildman–Crippen MR) is 146 cm³/mol. The predicted octanol–water partition coefficient (Wildman–Crippen LogP) is 6.73. The molecule has 1 unspecified atom stereocenters. The lowest BCUT2D eigenvalue weighted by Crippen LogP contribution is -2.41. The number of benzene rings is 3. The molecular weight excluding hydrogens is 610 g/mol. The number of ether oxygens (including phenoxy) is 4. The molecule has 1 fully saturated rings. The lowest BCUT2D eigenvalue weighted by atomic mass is 9.90. The molecule has 2 N–H and O–H groups in total. The van der Waals surface area contributed by atoms with Gasteiger partial charge in [0.25, 0.3) is 0 Å². The van der Waals surface area contributed by atoms with Crippen molar-refractivity contribution in [1.29, 1.82) is 0 Å². The van der Waals surface area contributed by atoms with E-state index in [9.17, 15) is 23.1 Å². The van der Waals surface area contributed by atoms with E-state index >= 15 is 13.2 Å². The van der Waals surface area contributed by atoms with Crippen molar-refractivity contribution in [2.24, 2.45) is 0 Å². The molecule has 0 amide bonds. The molecule has 0 aromatic heterocycles. The molecule has 6 rings (SSSR count). The zero-order valence-electron chi connectivity index (χ0n) is 23.7. The first-order chi connectivity index (χ1) is 21.3. The molecule has 7 nitrogen and oxygen atoms in total. The van der Waals surface area contributed by atoms with Crippen LogP contribution in [0.3, 0.4) is 0 Å². The molecule has 2 atom stereocenters. The highest BCUT2D eigenvalue weighted by Gasteiger charge is 2.41. The van der Waals surface area contributed by atoms with E-state index in [1.54, 1.807) is 12.1 Å². The number of alkyl halides is 3. The van der Waals surface area contributed by atoms with Gasteiger partial charge in [-0.1, -0.05) is 6.07 Å². The third-order valence-electron chi connectivity index (χ3n) is 8.47. The van der Waals surface area contributed by atoms with Gasteiger partial charge in [0.05, 0.1) is 18.6 Å². The van der Waals surface area contributed by atoms with Gasteiger partial charge in [-0.3, -0.25) is 4.79 Å². The Morgan fingerprint density at radius 1 is 1.02 bits per heavy atom. The largest absolute Gasteiger partial charge is 0.492 e. The van der Waals surface area contributed by atoms with Crippen LogP contribution in [0.2, 0.25) is 0 Å². The summed E-state index contributed by atoms with van der Waals surface area (Å²) in [6.07, 6.45) is -5.85. The van der Waals surface area contributed by atoms with E-state index in [2.05, 4.69) is 0 Å². The zero-order chi connectivity index (χ0) is 32.1. The summed E-state index contributed by atoms with van der Waals surface area (Å²) in [4.78, 5) is 11.1. The fourth-order valence-corrected chi connectivity index (χ4v) is 6.24. The van der Waals surface area contributed by atoms with Crippen LogP contribution >= 0.6 is 0 Å². The van der Waals surface area contributed by atoms with Crippen LogP contribution in [0.15, 0.2) is 36.4 Å².